The maximum absolute atomic E-state index is 9.15. The smallest absolute Gasteiger partial charge is 0.212 e. The van der Waals surface area contributed by atoms with Crippen LogP contribution in [-0.4, -0.2) is 37.4 Å². The third-order valence-corrected chi connectivity index (χ3v) is 5.08. The van der Waals surface area contributed by atoms with Gasteiger partial charge in [-0.2, -0.15) is 0 Å². The van der Waals surface area contributed by atoms with E-state index in [1.807, 2.05) is 34.9 Å². The molecule has 8 nitrogen and oxygen atoms in total. The molecule has 5 rings (SSSR count). The summed E-state index contributed by atoms with van der Waals surface area (Å²) in [6.07, 6.45) is 8.66. The molecule has 4 aromatic rings. The van der Waals surface area contributed by atoms with Crippen molar-refractivity contribution in [2.24, 2.45) is 5.16 Å². The van der Waals surface area contributed by atoms with Crippen molar-refractivity contribution in [1.29, 1.82) is 0 Å². The van der Waals surface area contributed by atoms with Crippen LogP contribution in [0.25, 0.3) is 16.9 Å². The van der Waals surface area contributed by atoms with Crippen LogP contribution in [0.5, 0.6) is 5.88 Å². The first-order chi connectivity index (χ1) is 14.3. The lowest BCUT2D eigenvalue weighted by Gasteiger charge is -2.10. The lowest BCUT2D eigenvalue weighted by molar-refractivity contribution is 0.318. The summed E-state index contributed by atoms with van der Waals surface area (Å²) in [6, 6.07) is 9.79. The summed E-state index contributed by atoms with van der Waals surface area (Å²) in [5, 5.41) is 16.0. The number of benzene rings is 1. The standard InChI is InChI=1S/C21H18N6O2/c1-29-19-7-3-14(11-23-19)20-21(27-9-8-22-12-18(27)25-20)24-15-4-5-16-13(10-15)2-6-17(16)26-28/h3-5,7-12,24,28H,2,6H2,1H3. The van der Waals surface area contributed by atoms with Gasteiger partial charge in [-0.15, -0.1) is 0 Å². The van der Waals surface area contributed by atoms with E-state index in [2.05, 4.69) is 26.5 Å². The molecular weight excluding hydrogens is 368 g/mol. The van der Waals surface area contributed by atoms with Crippen molar-refractivity contribution in [3.8, 4) is 17.1 Å². The topological polar surface area (TPSA) is 96.9 Å². The van der Waals surface area contributed by atoms with Crippen molar-refractivity contribution < 1.29 is 9.94 Å². The van der Waals surface area contributed by atoms with E-state index < -0.39 is 0 Å². The normalized spacial score (nSPS) is 14.3. The second-order valence-electron chi connectivity index (χ2n) is 6.75. The largest absolute Gasteiger partial charge is 0.481 e. The van der Waals surface area contributed by atoms with Gasteiger partial charge < -0.3 is 15.3 Å². The Hall–Kier alpha value is -3.94. The van der Waals surface area contributed by atoms with Crippen LogP contribution in [0.3, 0.4) is 0 Å². The van der Waals surface area contributed by atoms with Crippen LogP contribution < -0.4 is 10.1 Å². The number of hydrogen-bond donors (Lipinski definition) is 2. The number of fused-ring (bicyclic) bond motifs is 2. The Morgan fingerprint density at radius 2 is 2.10 bits per heavy atom. The van der Waals surface area contributed by atoms with Gasteiger partial charge in [-0.05, 0) is 36.6 Å². The summed E-state index contributed by atoms with van der Waals surface area (Å²) < 4.78 is 7.12. The molecule has 2 N–H and O–H groups in total. The molecule has 0 radical (unpaired) electrons. The first-order valence-corrected chi connectivity index (χ1v) is 9.20. The Kier molecular flexibility index (Phi) is 4.09. The number of anilines is 2. The van der Waals surface area contributed by atoms with Crippen LogP contribution in [0.2, 0.25) is 0 Å². The molecule has 0 atom stereocenters. The summed E-state index contributed by atoms with van der Waals surface area (Å²) >= 11 is 0. The lowest BCUT2D eigenvalue weighted by Crippen LogP contribution is -1.99. The molecule has 0 saturated heterocycles. The predicted octanol–water partition coefficient (Wildman–Crippen LogP) is 3.67. The van der Waals surface area contributed by atoms with Gasteiger partial charge in [-0.1, -0.05) is 11.2 Å². The predicted molar refractivity (Wildman–Crippen MR) is 109 cm³/mol. The molecule has 0 bridgehead atoms. The number of imidazole rings is 1. The van der Waals surface area contributed by atoms with E-state index in [1.54, 1.807) is 25.7 Å². The summed E-state index contributed by atoms with van der Waals surface area (Å²) in [4.78, 5) is 13.2. The van der Waals surface area contributed by atoms with Gasteiger partial charge in [0.25, 0.3) is 0 Å². The molecule has 29 heavy (non-hydrogen) atoms. The van der Waals surface area contributed by atoms with Crippen molar-refractivity contribution in [2.45, 2.75) is 12.8 Å². The van der Waals surface area contributed by atoms with E-state index in [1.165, 1.54) is 0 Å². The summed E-state index contributed by atoms with van der Waals surface area (Å²) in [5.74, 6) is 1.37. The highest BCUT2D eigenvalue weighted by Crippen LogP contribution is 2.33. The van der Waals surface area contributed by atoms with Gasteiger partial charge in [-0.25, -0.2) is 9.97 Å². The average molecular weight is 386 g/mol. The van der Waals surface area contributed by atoms with Crippen LogP contribution in [-0.2, 0) is 6.42 Å². The fourth-order valence-electron chi connectivity index (χ4n) is 3.66. The zero-order valence-corrected chi connectivity index (χ0v) is 15.7. The third kappa shape index (κ3) is 2.94. The number of oxime groups is 1. The number of rotatable bonds is 4. The van der Waals surface area contributed by atoms with Crippen molar-refractivity contribution >= 4 is 22.9 Å². The molecule has 0 unspecified atom stereocenters. The van der Waals surface area contributed by atoms with Crippen LogP contribution >= 0.6 is 0 Å². The van der Waals surface area contributed by atoms with Crippen LogP contribution in [0.4, 0.5) is 11.5 Å². The molecule has 8 heteroatoms. The van der Waals surface area contributed by atoms with Gasteiger partial charge in [0.05, 0.1) is 19.0 Å². The highest BCUT2D eigenvalue weighted by Gasteiger charge is 2.20. The molecule has 0 spiro atoms. The number of hydrogen-bond acceptors (Lipinski definition) is 7. The van der Waals surface area contributed by atoms with E-state index in [9.17, 15) is 0 Å². The minimum atomic E-state index is 0.550. The van der Waals surface area contributed by atoms with Crippen LogP contribution in [0, 0.1) is 0 Å². The monoisotopic (exact) mass is 386 g/mol. The van der Waals surface area contributed by atoms with E-state index in [-0.39, 0.29) is 0 Å². The number of ether oxygens (including phenoxy) is 1. The van der Waals surface area contributed by atoms with Crippen LogP contribution in [0.1, 0.15) is 17.5 Å². The summed E-state index contributed by atoms with van der Waals surface area (Å²) in [5.41, 5.74) is 6.20. The van der Waals surface area contributed by atoms with Crippen molar-refractivity contribution in [1.82, 2.24) is 19.4 Å². The zero-order valence-electron chi connectivity index (χ0n) is 15.7. The molecule has 0 fully saturated rings. The van der Waals surface area contributed by atoms with Crippen molar-refractivity contribution in [2.75, 3.05) is 12.4 Å². The molecule has 0 saturated carbocycles. The fraction of sp³-hybridized carbons (Fsp3) is 0.143. The number of aromatic nitrogens is 4. The van der Waals surface area contributed by atoms with E-state index in [4.69, 9.17) is 14.9 Å². The third-order valence-electron chi connectivity index (χ3n) is 5.08. The first-order valence-electron chi connectivity index (χ1n) is 9.20. The average Bonchev–Trinajstić information content (AvgIpc) is 3.35. The van der Waals surface area contributed by atoms with Gasteiger partial charge in [-0.3, -0.25) is 9.38 Å². The Morgan fingerprint density at radius 1 is 1.17 bits per heavy atom. The number of methoxy groups -OCH3 is 1. The molecule has 1 aromatic carbocycles. The Bertz CT molecular complexity index is 1230. The van der Waals surface area contributed by atoms with Gasteiger partial charge in [0.15, 0.2) is 5.65 Å². The maximum Gasteiger partial charge on any atom is 0.212 e. The molecule has 1 aliphatic carbocycles. The van der Waals surface area contributed by atoms with E-state index in [0.29, 0.717) is 5.88 Å². The number of nitrogens with zero attached hydrogens (tertiary/aromatic N) is 5. The van der Waals surface area contributed by atoms with Crippen molar-refractivity contribution in [3.05, 3.63) is 66.2 Å². The minimum absolute atomic E-state index is 0.550. The quantitative estimate of drug-likeness (QED) is 0.410. The Labute approximate surface area is 166 Å². The van der Waals surface area contributed by atoms with Gasteiger partial charge in [0, 0.05) is 41.5 Å². The Morgan fingerprint density at radius 3 is 2.90 bits per heavy atom. The SMILES string of the molecule is COc1ccc(-c2nc3cnccn3c2Nc2ccc3c(c2)CCC3=NO)cn1. The highest BCUT2D eigenvalue weighted by atomic mass is 16.5. The molecule has 144 valence electrons. The maximum atomic E-state index is 9.15. The number of nitrogens with one attached hydrogen (secondary N) is 1. The Balaban J connectivity index is 1.59. The second-order valence-corrected chi connectivity index (χ2v) is 6.75. The van der Waals surface area contributed by atoms with E-state index >= 15 is 0 Å². The van der Waals surface area contributed by atoms with Gasteiger partial charge >= 0.3 is 0 Å². The van der Waals surface area contributed by atoms with E-state index in [0.717, 1.165) is 58.1 Å². The molecule has 1 aliphatic rings. The van der Waals surface area contributed by atoms with Crippen molar-refractivity contribution in [3.63, 3.8) is 0 Å². The molecule has 3 heterocycles. The second kappa shape index (κ2) is 6.90. The molecule has 0 aliphatic heterocycles. The molecule has 3 aromatic heterocycles. The summed E-state index contributed by atoms with van der Waals surface area (Å²) in [6.45, 7) is 0. The fourth-order valence-corrected chi connectivity index (χ4v) is 3.66. The number of aryl methyl sites for hydroxylation is 1. The first kappa shape index (κ1) is 17.2. The zero-order chi connectivity index (χ0) is 19.8. The minimum Gasteiger partial charge on any atom is -0.481 e. The van der Waals surface area contributed by atoms with Gasteiger partial charge in [0.2, 0.25) is 5.88 Å². The molecular formula is C21H18N6O2. The van der Waals surface area contributed by atoms with Crippen LogP contribution in [0.15, 0.2) is 60.3 Å². The van der Waals surface area contributed by atoms with Gasteiger partial charge in [0.1, 0.15) is 11.5 Å². The summed E-state index contributed by atoms with van der Waals surface area (Å²) in [7, 11) is 1.59. The molecule has 0 amide bonds. The number of pyridine rings is 1. The highest BCUT2D eigenvalue weighted by molar-refractivity contribution is 6.04. The lowest BCUT2D eigenvalue weighted by atomic mass is 10.1.